The number of nitrogens with zero attached hydrogens (tertiary/aromatic N) is 3. The van der Waals surface area contributed by atoms with Crippen LogP contribution in [0.5, 0.6) is 0 Å². The number of aromatic nitrogens is 3. The first kappa shape index (κ1) is 21.0. The molecule has 0 amide bonds. The number of hydrogen-bond acceptors (Lipinski definition) is 3. The summed E-state index contributed by atoms with van der Waals surface area (Å²) in [5, 5.41) is 2.47. The van der Waals surface area contributed by atoms with E-state index in [9.17, 15) is 0 Å². The van der Waals surface area contributed by atoms with Crippen LogP contribution < -0.4 is 0 Å². The zero-order chi connectivity index (χ0) is 25.1. The van der Waals surface area contributed by atoms with Gasteiger partial charge in [-0.25, -0.2) is 9.97 Å². The lowest BCUT2D eigenvalue weighted by Crippen LogP contribution is -1.97. The van der Waals surface area contributed by atoms with Crippen molar-refractivity contribution in [2.45, 2.75) is 0 Å². The Hall–Kier alpha value is -5.15. The van der Waals surface area contributed by atoms with Crippen LogP contribution >= 0.6 is 0 Å². The van der Waals surface area contributed by atoms with Crippen molar-refractivity contribution in [3.8, 4) is 56.0 Å². The van der Waals surface area contributed by atoms with E-state index in [4.69, 9.17) is 15.0 Å². The van der Waals surface area contributed by atoms with E-state index in [0.717, 1.165) is 50.4 Å². The highest BCUT2D eigenvalue weighted by molar-refractivity contribution is 6.12. The number of para-hydroxylation sites is 2. The Morgan fingerprint density at radius 2 is 0.974 bits per heavy atom. The van der Waals surface area contributed by atoms with Gasteiger partial charge in [0.2, 0.25) is 0 Å². The third-order valence-corrected chi connectivity index (χ3v) is 7.45. The molecule has 0 unspecified atom stereocenters. The highest BCUT2D eigenvalue weighted by Gasteiger charge is 2.23. The van der Waals surface area contributed by atoms with Crippen LogP contribution in [0.15, 0.2) is 128 Å². The van der Waals surface area contributed by atoms with Crippen LogP contribution in [-0.4, -0.2) is 15.0 Å². The van der Waals surface area contributed by atoms with Crippen molar-refractivity contribution in [1.29, 1.82) is 0 Å². The van der Waals surface area contributed by atoms with Gasteiger partial charge in [-0.05, 0) is 45.7 Å². The van der Waals surface area contributed by atoms with E-state index >= 15 is 0 Å². The molecule has 8 rings (SSSR count). The maximum absolute atomic E-state index is 5.13. The highest BCUT2D eigenvalue weighted by atomic mass is 14.8. The van der Waals surface area contributed by atoms with Crippen LogP contribution in [0.4, 0.5) is 0 Å². The summed E-state index contributed by atoms with van der Waals surface area (Å²) in [4.78, 5) is 15.3. The fourth-order valence-electron chi connectivity index (χ4n) is 5.73. The van der Waals surface area contributed by atoms with Crippen LogP contribution in [0, 0.1) is 0 Å². The molecule has 3 heteroatoms. The van der Waals surface area contributed by atoms with Gasteiger partial charge < -0.3 is 0 Å². The lowest BCUT2D eigenvalue weighted by Gasteiger charge is -2.14. The van der Waals surface area contributed by atoms with Crippen LogP contribution in [-0.2, 0) is 0 Å². The van der Waals surface area contributed by atoms with E-state index in [0.29, 0.717) is 0 Å². The summed E-state index contributed by atoms with van der Waals surface area (Å²) in [5.41, 5.74) is 12.3. The molecule has 2 aromatic heterocycles. The minimum atomic E-state index is 0.836. The van der Waals surface area contributed by atoms with Crippen molar-refractivity contribution < 1.29 is 0 Å². The monoisotopic (exact) mass is 483 g/mol. The van der Waals surface area contributed by atoms with Gasteiger partial charge in [0.05, 0.1) is 28.1 Å². The summed E-state index contributed by atoms with van der Waals surface area (Å²) < 4.78 is 0. The standard InChI is InChI=1S/C35H21N3/c1-2-10-23(11-3-1)33-34(38-31-19-7-6-18-30(31)37-33)24-20-29-26-15-5-4-14-25(26)27-16-8-12-22-13-9-17-28(32(22)27)35(29)36-21-24/h1-21H. The minimum absolute atomic E-state index is 0.836. The fourth-order valence-corrected chi connectivity index (χ4v) is 5.73. The predicted octanol–water partition coefficient (Wildman–Crippen LogP) is 8.83. The second kappa shape index (κ2) is 8.19. The summed E-state index contributed by atoms with van der Waals surface area (Å²) in [6, 6.07) is 42.3. The number of pyridine rings is 1. The molecule has 0 saturated carbocycles. The third kappa shape index (κ3) is 3.12. The molecule has 7 aromatic rings. The molecule has 0 saturated heterocycles. The number of benzene rings is 5. The predicted molar refractivity (Wildman–Crippen MR) is 156 cm³/mol. The minimum Gasteiger partial charge on any atom is -0.255 e. The van der Waals surface area contributed by atoms with Crippen molar-refractivity contribution in [2.75, 3.05) is 0 Å². The SMILES string of the molecule is c1ccc(-c2nc3ccccc3nc2-c2cnc3c(c2)-c2ccccc2-c2cccc4cccc-3c24)cc1. The van der Waals surface area contributed by atoms with E-state index in [1.54, 1.807) is 0 Å². The zero-order valence-electron chi connectivity index (χ0n) is 20.5. The first-order valence-corrected chi connectivity index (χ1v) is 12.8. The molecule has 176 valence electrons. The van der Waals surface area contributed by atoms with Crippen molar-refractivity contribution >= 4 is 21.8 Å². The Morgan fingerprint density at radius 3 is 1.71 bits per heavy atom. The Bertz CT molecular complexity index is 2020. The second-order valence-corrected chi connectivity index (χ2v) is 9.65. The molecule has 0 aliphatic heterocycles. The lowest BCUT2D eigenvalue weighted by atomic mass is 9.93. The fraction of sp³-hybridized carbons (Fsp3) is 0. The van der Waals surface area contributed by atoms with E-state index < -0.39 is 0 Å². The van der Waals surface area contributed by atoms with E-state index in [1.165, 1.54) is 27.5 Å². The summed E-state index contributed by atoms with van der Waals surface area (Å²) in [5.74, 6) is 0. The summed E-state index contributed by atoms with van der Waals surface area (Å²) in [6.45, 7) is 0. The van der Waals surface area contributed by atoms with Crippen LogP contribution in [0.2, 0.25) is 0 Å². The lowest BCUT2D eigenvalue weighted by molar-refractivity contribution is 1.27. The summed E-state index contributed by atoms with van der Waals surface area (Å²) in [7, 11) is 0. The second-order valence-electron chi connectivity index (χ2n) is 9.65. The molecular formula is C35H21N3. The Morgan fingerprint density at radius 1 is 0.395 bits per heavy atom. The Labute approximate surface area is 220 Å². The number of hydrogen-bond donors (Lipinski definition) is 0. The largest absolute Gasteiger partial charge is 0.255 e. The van der Waals surface area contributed by atoms with Gasteiger partial charge in [-0.2, -0.15) is 0 Å². The van der Waals surface area contributed by atoms with Gasteiger partial charge in [0.15, 0.2) is 0 Å². The first-order valence-electron chi connectivity index (χ1n) is 12.8. The van der Waals surface area contributed by atoms with Gasteiger partial charge in [0.1, 0.15) is 0 Å². The van der Waals surface area contributed by atoms with E-state index in [1.807, 2.05) is 48.7 Å². The van der Waals surface area contributed by atoms with Gasteiger partial charge in [0, 0.05) is 28.5 Å². The molecule has 0 spiro atoms. The molecule has 0 N–H and O–H groups in total. The highest BCUT2D eigenvalue weighted by Crippen LogP contribution is 2.47. The average Bonchev–Trinajstić information content (AvgIpc) is 3.11. The summed E-state index contributed by atoms with van der Waals surface area (Å²) >= 11 is 0. The van der Waals surface area contributed by atoms with Gasteiger partial charge in [-0.1, -0.05) is 103 Å². The van der Waals surface area contributed by atoms with Gasteiger partial charge in [-0.3, -0.25) is 4.98 Å². The normalized spacial score (nSPS) is 11.7. The zero-order valence-corrected chi connectivity index (χ0v) is 20.5. The average molecular weight is 484 g/mol. The van der Waals surface area contributed by atoms with E-state index in [-0.39, 0.29) is 0 Å². The molecule has 0 fully saturated rings. The van der Waals surface area contributed by atoms with Crippen molar-refractivity contribution in [3.63, 3.8) is 0 Å². The van der Waals surface area contributed by atoms with Crippen LogP contribution in [0.1, 0.15) is 0 Å². The molecule has 0 atom stereocenters. The molecule has 3 nitrogen and oxygen atoms in total. The molecule has 2 heterocycles. The Balaban J connectivity index is 1.45. The maximum Gasteiger partial charge on any atom is 0.0988 e. The topological polar surface area (TPSA) is 38.7 Å². The molecule has 38 heavy (non-hydrogen) atoms. The van der Waals surface area contributed by atoms with Gasteiger partial charge >= 0.3 is 0 Å². The molecule has 0 radical (unpaired) electrons. The third-order valence-electron chi connectivity index (χ3n) is 7.45. The molecule has 5 aromatic carbocycles. The maximum atomic E-state index is 5.13. The molecule has 0 bridgehead atoms. The molecular weight excluding hydrogens is 462 g/mol. The summed E-state index contributed by atoms with van der Waals surface area (Å²) in [6.07, 6.45) is 1.96. The molecule has 1 aliphatic rings. The van der Waals surface area contributed by atoms with Crippen molar-refractivity contribution in [1.82, 2.24) is 15.0 Å². The number of fused-ring (bicyclic) bond motifs is 6. The van der Waals surface area contributed by atoms with Gasteiger partial charge in [0.25, 0.3) is 0 Å². The number of rotatable bonds is 2. The Kier molecular flexibility index (Phi) is 4.52. The quantitative estimate of drug-likeness (QED) is 0.246. The van der Waals surface area contributed by atoms with Crippen LogP contribution in [0.3, 0.4) is 0 Å². The van der Waals surface area contributed by atoms with Crippen LogP contribution in [0.25, 0.3) is 77.8 Å². The first-order chi connectivity index (χ1) is 18.8. The molecule has 1 aliphatic carbocycles. The van der Waals surface area contributed by atoms with E-state index in [2.05, 4.69) is 78.9 Å². The van der Waals surface area contributed by atoms with Crippen molar-refractivity contribution in [2.24, 2.45) is 0 Å². The smallest absolute Gasteiger partial charge is 0.0988 e. The van der Waals surface area contributed by atoms with Crippen molar-refractivity contribution in [3.05, 3.63) is 128 Å². The van der Waals surface area contributed by atoms with Gasteiger partial charge in [-0.15, -0.1) is 0 Å².